The minimum Gasteiger partial charge on any atom is -0.391 e. The van der Waals surface area contributed by atoms with E-state index in [4.69, 9.17) is 0 Å². The van der Waals surface area contributed by atoms with Crippen molar-refractivity contribution >= 4 is 5.69 Å². The molecule has 0 aliphatic heterocycles. The third-order valence-electron chi connectivity index (χ3n) is 2.61. The molecule has 2 rings (SSSR count). The Kier molecular flexibility index (Phi) is 2.50. The third kappa shape index (κ3) is 2.01. The lowest BCUT2D eigenvalue weighted by atomic mass is 10.2. The van der Waals surface area contributed by atoms with Gasteiger partial charge in [-0.2, -0.15) is 0 Å². The van der Waals surface area contributed by atoms with Gasteiger partial charge in [0.1, 0.15) is 0 Å². The molecule has 0 amide bonds. The average molecular weight is 179 g/mol. The van der Waals surface area contributed by atoms with Crippen LogP contribution >= 0.6 is 0 Å². The SMILES string of the molecule is OC1CCCC1Nc1ccccc1.[HH]. The number of hydrogen-bond acceptors (Lipinski definition) is 2. The molecule has 0 radical (unpaired) electrons. The molecule has 1 aliphatic rings. The summed E-state index contributed by atoms with van der Waals surface area (Å²) < 4.78 is 0. The number of anilines is 1. The zero-order valence-corrected chi connectivity index (χ0v) is 7.61. The summed E-state index contributed by atoms with van der Waals surface area (Å²) in [4.78, 5) is 0. The largest absolute Gasteiger partial charge is 0.391 e. The summed E-state index contributed by atoms with van der Waals surface area (Å²) in [6, 6.07) is 10.3. The Morgan fingerprint density at radius 3 is 2.62 bits per heavy atom. The van der Waals surface area contributed by atoms with Crippen LogP contribution < -0.4 is 5.32 Å². The summed E-state index contributed by atoms with van der Waals surface area (Å²) in [6.45, 7) is 0. The first-order valence-corrected chi connectivity index (χ1v) is 4.86. The molecule has 2 atom stereocenters. The first-order chi connectivity index (χ1) is 6.36. The molecule has 0 heterocycles. The third-order valence-corrected chi connectivity index (χ3v) is 2.61. The molecule has 2 nitrogen and oxygen atoms in total. The maximum atomic E-state index is 9.59. The second-order valence-corrected chi connectivity index (χ2v) is 3.62. The van der Waals surface area contributed by atoms with Crippen molar-refractivity contribution in [2.24, 2.45) is 0 Å². The van der Waals surface area contributed by atoms with Gasteiger partial charge in [0.2, 0.25) is 0 Å². The summed E-state index contributed by atoms with van der Waals surface area (Å²) in [6.07, 6.45) is 2.98. The number of aliphatic hydroxyl groups is 1. The number of hydrogen-bond donors (Lipinski definition) is 2. The standard InChI is InChI=1S/C11H15NO.H2/c13-11-8-4-7-10(11)12-9-5-2-1-3-6-9;/h1-3,5-6,10-13H,4,7-8H2;1H. The van der Waals surface area contributed by atoms with Crippen LogP contribution in [0.3, 0.4) is 0 Å². The van der Waals surface area contributed by atoms with Crippen molar-refractivity contribution in [2.75, 3.05) is 5.32 Å². The lowest BCUT2D eigenvalue weighted by molar-refractivity contribution is 0.172. The van der Waals surface area contributed by atoms with Gasteiger partial charge in [0.15, 0.2) is 0 Å². The van der Waals surface area contributed by atoms with E-state index in [9.17, 15) is 5.11 Å². The van der Waals surface area contributed by atoms with Crippen molar-refractivity contribution in [2.45, 2.75) is 31.4 Å². The van der Waals surface area contributed by atoms with Crippen LogP contribution in [0.4, 0.5) is 5.69 Å². The molecule has 1 saturated carbocycles. The first-order valence-electron chi connectivity index (χ1n) is 4.86. The Morgan fingerprint density at radius 2 is 2.00 bits per heavy atom. The van der Waals surface area contributed by atoms with E-state index in [-0.39, 0.29) is 13.6 Å². The summed E-state index contributed by atoms with van der Waals surface area (Å²) in [7, 11) is 0. The molecule has 2 N–H and O–H groups in total. The zero-order chi connectivity index (χ0) is 9.10. The van der Waals surface area contributed by atoms with Crippen LogP contribution in [0.1, 0.15) is 20.7 Å². The Morgan fingerprint density at radius 1 is 1.23 bits per heavy atom. The number of para-hydroxylation sites is 1. The van der Waals surface area contributed by atoms with Gasteiger partial charge in [0, 0.05) is 7.11 Å². The van der Waals surface area contributed by atoms with Gasteiger partial charge >= 0.3 is 0 Å². The topological polar surface area (TPSA) is 32.3 Å². The highest BCUT2D eigenvalue weighted by atomic mass is 16.3. The molecule has 0 aromatic heterocycles. The number of rotatable bonds is 2. The smallest absolute Gasteiger partial charge is 0.0741 e. The van der Waals surface area contributed by atoms with Gasteiger partial charge < -0.3 is 10.4 Å². The molecule has 13 heavy (non-hydrogen) atoms. The summed E-state index contributed by atoms with van der Waals surface area (Å²) in [5.41, 5.74) is 1.11. The second kappa shape index (κ2) is 3.79. The van der Waals surface area contributed by atoms with Crippen LogP contribution in [0.15, 0.2) is 30.3 Å². The van der Waals surface area contributed by atoms with Gasteiger partial charge in [0.25, 0.3) is 0 Å². The lowest BCUT2D eigenvalue weighted by Crippen LogP contribution is -2.27. The Labute approximate surface area is 80.1 Å². The maximum absolute atomic E-state index is 9.59. The van der Waals surface area contributed by atoms with Crippen LogP contribution in [0.2, 0.25) is 0 Å². The molecule has 0 spiro atoms. The van der Waals surface area contributed by atoms with E-state index in [2.05, 4.69) is 5.32 Å². The molecule has 0 saturated heterocycles. The molecule has 1 aromatic rings. The summed E-state index contributed by atoms with van der Waals surface area (Å²) in [5, 5.41) is 12.9. The van der Waals surface area contributed by atoms with Gasteiger partial charge in [0.05, 0.1) is 12.1 Å². The predicted octanol–water partition coefficient (Wildman–Crippen LogP) is 2.26. The van der Waals surface area contributed by atoms with Crippen molar-refractivity contribution < 1.29 is 6.53 Å². The Bertz CT molecular complexity index is 265. The van der Waals surface area contributed by atoms with Crippen LogP contribution in [0.25, 0.3) is 0 Å². The summed E-state index contributed by atoms with van der Waals surface area (Å²) >= 11 is 0. The highest BCUT2D eigenvalue weighted by Gasteiger charge is 2.24. The van der Waals surface area contributed by atoms with E-state index in [1.165, 1.54) is 0 Å². The fourth-order valence-corrected chi connectivity index (χ4v) is 1.86. The molecular weight excluding hydrogens is 162 g/mol. The minimum atomic E-state index is -0.166. The van der Waals surface area contributed by atoms with E-state index in [0.717, 1.165) is 24.9 Å². The van der Waals surface area contributed by atoms with E-state index >= 15 is 0 Å². The fraction of sp³-hybridized carbons (Fsp3) is 0.455. The van der Waals surface area contributed by atoms with Crippen LogP contribution in [-0.2, 0) is 0 Å². The van der Waals surface area contributed by atoms with Crippen molar-refractivity contribution in [1.29, 1.82) is 0 Å². The molecule has 1 fully saturated rings. The van der Waals surface area contributed by atoms with E-state index < -0.39 is 0 Å². The van der Waals surface area contributed by atoms with Crippen LogP contribution in [-0.4, -0.2) is 17.3 Å². The van der Waals surface area contributed by atoms with Gasteiger partial charge in [-0.3, -0.25) is 0 Å². The molecular formula is C11H17NO. The predicted molar refractivity (Wildman–Crippen MR) is 55.8 cm³/mol. The Hall–Kier alpha value is -1.02. The first kappa shape index (κ1) is 8.57. The molecule has 2 heteroatoms. The highest BCUT2D eigenvalue weighted by molar-refractivity contribution is 5.43. The molecule has 1 aliphatic carbocycles. The van der Waals surface area contributed by atoms with E-state index in [0.29, 0.717) is 0 Å². The summed E-state index contributed by atoms with van der Waals surface area (Å²) in [5.74, 6) is 0. The normalized spacial score (nSPS) is 27.5. The fourth-order valence-electron chi connectivity index (χ4n) is 1.86. The molecule has 2 unspecified atom stereocenters. The second-order valence-electron chi connectivity index (χ2n) is 3.62. The lowest BCUT2D eigenvalue weighted by Gasteiger charge is -2.17. The quantitative estimate of drug-likeness (QED) is 0.730. The molecule has 1 aromatic carbocycles. The monoisotopic (exact) mass is 179 g/mol. The number of aliphatic hydroxyl groups excluding tert-OH is 1. The van der Waals surface area contributed by atoms with Gasteiger partial charge in [-0.15, -0.1) is 0 Å². The van der Waals surface area contributed by atoms with Gasteiger partial charge in [-0.25, -0.2) is 0 Å². The average Bonchev–Trinajstić information content (AvgIpc) is 2.54. The van der Waals surface area contributed by atoms with E-state index in [1.54, 1.807) is 0 Å². The maximum Gasteiger partial charge on any atom is 0.0741 e. The number of nitrogens with one attached hydrogen (secondary N) is 1. The minimum absolute atomic E-state index is 0. The van der Waals surface area contributed by atoms with Crippen LogP contribution in [0, 0.1) is 0 Å². The van der Waals surface area contributed by atoms with Crippen LogP contribution in [0.5, 0.6) is 0 Å². The Balaban J connectivity index is 0.000000980. The van der Waals surface area contributed by atoms with Crippen molar-refractivity contribution in [3.05, 3.63) is 30.3 Å². The van der Waals surface area contributed by atoms with Gasteiger partial charge in [-0.05, 0) is 31.4 Å². The van der Waals surface area contributed by atoms with Crippen molar-refractivity contribution in [1.82, 2.24) is 0 Å². The van der Waals surface area contributed by atoms with Gasteiger partial charge in [-0.1, -0.05) is 18.2 Å². The highest BCUT2D eigenvalue weighted by Crippen LogP contribution is 2.22. The molecule has 72 valence electrons. The van der Waals surface area contributed by atoms with Crippen molar-refractivity contribution in [3.8, 4) is 0 Å². The molecule has 0 bridgehead atoms. The number of benzene rings is 1. The zero-order valence-electron chi connectivity index (χ0n) is 7.61. The van der Waals surface area contributed by atoms with Crippen molar-refractivity contribution in [3.63, 3.8) is 0 Å². The van der Waals surface area contributed by atoms with E-state index in [1.807, 2.05) is 30.3 Å².